The highest BCUT2D eigenvalue weighted by molar-refractivity contribution is 6.06. The van der Waals surface area contributed by atoms with E-state index in [1.54, 1.807) is 50.4 Å². The number of hydrazone groups is 1. The predicted molar refractivity (Wildman–Crippen MR) is 112 cm³/mol. The minimum atomic E-state index is -0.310. The lowest BCUT2D eigenvalue weighted by molar-refractivity contribution is -0.115. The SMILES string of the molecule is COc1ccc(NC(=O)C/C(C)=N/NC(=O)c2ccc(C(C)(C)C)cc2)cc1. The fourth-order valence-electron chi connectivity index (χ4n) is 2.48. The second kappa shape index (κ2) is 9.17. The number of carbonyl (C=O) groups excluding carboxylic acids is 2. The minimum Gasteiger partial charge on any atom is -0.497 e. The number of anilines is 1. The molecule has 2 amide bonds. The quantitative estimate of drug-likeness (QED) is 0.583. The van der Waals surface area contributed by atoms with Crippen molar-refractivity contribution >= 4 is 23.2 Å². The van der Waals surface area contributed by atoms with Crippen molar-refractivity contribution in [1.29, 1.82) is 0 Å². The molecule has 0 radical (unpaired) electrons. The van der Waals surface area contributed by atoms with Crippen molar-refractivity contribution in [2.75, 3.05) is 12.4 Å². The van der Waals surface area contributed by atoms with Crippen LogP contribution in [0.2, 0.25) is 0 Å². The highest BCUT2D eigenvalue weighted by atomic mass is 16.5. The van der Waals surface area contributed by atoms with E-state index in [1.807, 2.05) is 12.1 Å². The minimum absolute atomic E-state index is 0.0288. The summed E-state index contributed by atoms with van der Waals surface area (Å²) in [5.74, 6) is 0.194. The summed E-state index contributed by atoms with van der Waals surface area (Å²) in [7, 11) is 1.58. The van der Waals surface area contributed by atoms with E-state index in [4.69, 9.17) is 4.74 Å². The average Bonchev–Trinajstić information content (AvgIpc) is 2.66. The maximum Gasteiger partial charge on any atom is 0.271 e. The van der Waals surface area contributed by atoms with Crippen molar-refractivity contribution in [3.05, 3.63) is 59.7 Å². The van der Waals surface area contributed by atoms with E-state index in [0.29, 0.717) is 22.7 Å². The maximum absolute atomic E-state index is 12.2. The largest absolute Gasteiger partial charge is 0.497 e. The Balaban J connectivity index is 1.88. The van der Waals surface area contributed by atoms with Crippen LogP contribution in [0.1, 0.15) is 50.0 Å². The first kappa shape index (κ1) is 21.2. The van der Waals surface area contributed by atoms with E-state index >= 15 is 0 Å². The molecule has 0 aliphatic rings. The standard InChI is InChI=1S/C22H27N3O3/c1-15(14-20(26)23-18-10-12-19(28-5)13-11-18)24-25-21(27)16-6-8-17(9-7-16)22(2,3)4/h6-13H,14H2,1-5H3,(H,23,26)(H,25,27)/b24-15+. The second-order valence-corrected chi connectivity index (χ2v) is 7.57. The molecular weight excluding hydrogens is 354 g/mol. The number of ether oxygens (including phenoxy) is 1. The van der Waals surface area contributed by atoms with Crippen molar-refractivity contribution in [2.45, 2.75) is 39.5 Å². The Morgan fingerprint density at radius 2 is 1.61 bits per heavy atom. The Bertz CT molecular complexity index is 848. The number of carbonyl (C=O) groups is 2. The Labute approximate surface area is 166 Å². The van der Waals surface area contributed by atoms with Gasteiger partial charge in [0.15, 0.2) is 0 Å². The second-order valence-electron chi connectivity index (χ2n) is 7.57. The first-order valence-electron chi connectivity index (χ1n) is 9.07. The average molecular weight is 381 g/mol. The van der Waals surface area contributed by atoms with Gasteiger partial charge in [-0.25, -0.2) is 5.43 Å². The molecular formula is C22H27N3O3. The van der Waals surface area contributed by atoms with E-state index in [1.165, 1.54) is 0 Å². The zero-order chi connectivity index (χ0) is 20.7. The summed E-state index contributed by atoms with van der Waals surface area (Å²) in [5.41, 5.74) is 5.37. The maximum atomic E-state index is 12.2. The van der Waals surface area contributed by atoms with E-state index in [2.05, 4.69) is 36.6 Å². The number of benzene rings is 2. The molecule has 0 aliphatic heterocycles. The first-order chi connectivity index (χ1) is 13.2. The number of amides is 2. The molecule has 0 spiro atoms. The van der Waals surface area contributed by atoms with Gasteiger partial charge in [-0.1, -0.05) is 32.9 Å². The van der Waals surface area contributed by atoms with E-state index < -0.39 is 0 Å². The summed E-state index contributed by atoms with van der Waals surface area (Å²) in [5, 5.41) is 6.79. The molecule has 148 valence electrons. The number of hydrogen-bond acceptors (Lipinski definition) is 4. The van der Waals surface area contributed by atoms with Gasteiger partial charge < -0.3 is 10.1 Å². The normalized spacial score (nSPS) is 11.7. The van der Waals surface area contributed by atoms with Crippen LogP contribution in [0.5, 0.6) is 5.75 Å². The van der Waals surface area contributed by atoms with Crippen LogP contribution in [0, 0.1) is 0 Å². The molecule has 6 heteroatoms. The topological polar surface area (TPSA) is 79.8 Å². The third-order valence-electron chi connectivity index (χ3n) is 4.15. The highest BCUT2D eigenvalue weighted by Crippen LogP contribution is 2.22. The third-order valence-corrected chi connectivity index (χ3v) is 4.15. The summed E-state index contributed by atoms with van der Waals surface area (Å²) >= 11 is 0. The molecule has 28 heavy (non-hydrogen) atoms. The lowest BCUT2D eigenvalue weighted by atomic mass is 9.87. The van der Waals surface area contributed by atoms with Crippen LogP contribution in [-0.2, 0) is 10.2 Å². The fourth-order valence-corrected chi connectivity index (χ4v) is 2.48. The zero-order valence-electron chi connectivity index (χ0n) is 17.0. The van der Waals surface area contributed by atoms with Crippen molar-refractivity contribution in [2.24, 2.45) is 5.10 Å². The van der Waals surface area contributed by atoms with Gasteiger partial charge in [0.1, 0.15) is 5.75 Å². The Morgan fingerprint density at radius 3 is 2.14 bits per heavy atom. The number of rotatable bonds is 6. The number of methoxy groups -OCH3 is 1. The van der Waals surface area contributed by atoms with Crippen molar-refractivity contribution in [3.63, 3.8) is 0 Å². The Kier molecular flexibility index (Phi) is 6.93. The summed E-state index contributed by atoms with van der Waals surface area (Å²) in [6.07, 6.45) is 0.0786. The molecule has 2 aromatic carbocycles. The number of nitrogens with zero attached hydrogens (tertiary/aromatic N) is 1. The van der Waals surface area contributed by atoms with Crippen molar-refractivity contribution < 1.29 is 14.3 Å². The van der Waals surface area contributed by atoms with Crippen LogP contribution in [0.15, 0.2) is 53.6 Å². The summed E-state index contributed by atoms with van der Waals surface area (Å²) in [6, 6.07) is 14.5. The lowest BCUT2D eigenvalue weighted by Crippen LogP contribution is -2.21. The molecule has 0 bridgehead atoms. The van der Waals surface area contributed by atoms with E-state index in [0.717, 1.165) is 5.56 Å². The molecule has 0 saturated heterocycles. The molecule has 0 unspecified atom stereocenters. The summed E-state index contributed by atoms with van der Waals surface area (Å²) in [6.45, 7) is 8.04. The summed E-state index contributed by atoms with van der Waals surface area (Å²) in [4.78, 5) is 24.3. The van der Waals surface area contributed by atoms with Gasteiger partial charge in [0, 0.05) is 17.0 Å². The summed E-state index contributed by atoms with van der Waals surface area (Å²) < 4.78 is 5.08. The van der Waals surface area contributed by atoms with Gasteiger partial charge in [-0.05, 0) is 54.3 Å². The predicted octanol–water partition coefficient (Wildman–Crippen LogP) is 4.13. The fraction of sp³-hybridized carbons (Fsp3) is 0.318. The highest BCUT2D eigenvalue weighted by Gasteiger charge is 2.14. The van der Waals surface area contributed by atoms with Gasteiger partial charge in [-0.2, -0.15) is 5.10 Å². The first-order valence-corrected chi connectivity index (χ1v) is 9.07. The number of hydrogen-bond donors (Lipinski definition) is 2. The van der Waals surface area contributed by atoms with Gasteiger partial charge in [0.2, 0.25) is 5.91 Å². The Morgan fingerprint density at radius 1 is 1.00 bits per heavy atom. The molecule has 0 heterocycles. The molecule has 0 saturated carbocycles. The van der Waals surface area contributed by atoms with Gasteiger partial charge in [-0.3, -0.25) is 9.59 Å². The van der Waals surface area contributed by atoms with Gasteiger partial charge in [-0.15, -0.1) is 0 Å². The van der Waals surface area contributed by atoms with Crippen LogP contribution in [-0.4, -0.2) is 24.6 Å². The van der Waals surface area contributed by atoms with E-state index in [-0.39, 0.29) is 23.7 Å². The molecule has 0 fully saturated rings. The molecule has 0 atom stereocenters. The third kappa shape index (κ3) is 6.23. The monoisotopic (exact) mass is 381 g/mol. The van der Waals surface area contributed by atoms with Crippen LogP contribution in [0.3, 0.4) is 0 Å². The van der Waals surface area contributed by atoms with Gasteiger partial charge in [0.25, 0.3) is 5.91 Å². The lowest BCUT2D eigenvalue weighted by Gasteiger charge is -2.18. The molecule has 6 nitrogen and oxygen atoms in total. The molecule has 0 aromatic heterocycles. The zero-order valence-corrected chi connectivity index (χ0v) is 17.0. The van der Waals surface area contributed by atoms with Crippen LogP contribution in [0.25, 0.3) is 0 Å². The molecule has 2 rings (SSSR count). The molecule has 2 aromatic rings. The van der Waals surface area contributed by atoms with E-state index in [9.17, 15) is 9.59 Å². The molecule has 2 N–H and O–H groups in total. The van der Waals surface area contributed by atoms with Gasteiger partial charge >= 0.3 is 0 Å². The van der Waals surface area contributed by atoms with Gasteiger partial charge in [0.05, 0.1) is 13.5 Å². The van der Waals surface area contributed by atoms with Crippen LogP contribution < -0.4 is 15.5 Å². The Hall–Kier alpha value is -3.15. The van der Waals surface area contributed by atoms with Crippen LogP contribution in [0.4, 0.5) is 5.69 Å². The smallest absolute Gasteiger partial charge is 0.271 e. The molecule has 0 aliphatic carbocycles. The number of nitrogens with one attached hydrogen (secondary N) is 2. The van der Waals surface area contributed by atoms with Crippen molar-refractivity contribution in [3.8, 4) is 5.75 Å². The van der Waals surface area contributed by atoms with Crippen molar-refractivity contribution in [1.82, 2.24) is 5.43 Å². The van der Waals surface area contributed by atoms with Crippen LogP contribution >= 0.6 is 0 Å².